The molecule has 0 spiro atoms. The first-order valence-electron chi connectivity index (χ1n) is 9.03. The minimum absolute atomic E-state index is 0.0621. The third-order valence-corrected chi connectivity index (χ3v) is 4.84. The predicted molar refractivity (Wildman–Crippen MR) is 104 cm³/mol. The molecule has 1 fully saturated rings. The van der Waals surface area contributed by atoms with Crippen LogP contribution in [0.15, 0.2) is 54.9 Å². The van der Waals surface area contributed by atoms with Gasteiger partial charge in [-0.15, -0.1) is 0 Å². The summed E-state index contributed by atoms with van der Waals surface area (Å²) in [7, 11) is 0. The van der Waals surface area contributed by atoms with Gasteiger partial charge in [0.15, 0.2) is 0 Å². The normalized spacial score (nSPS) is 15.3. The van der Waals surface area contributed by atoms with Gasteiger partial charge in [0.25, 0.3) is 0 Å². The number of aromatic nitrogens is 2. The van der Waals surface area contributed by atoms with Gasteiger partial charge in [-0.2, -0.15) is 0 Å². The van der Waals surface area contributed by atoms with Gasteiger partial charge in [0, 0.05) is 68.1 Å². The van der Waals surface area contributed by atoms with E-state index in [4.69, 9.17) is 0 Å². The Labute approximate surface area is 152 Å². The van der Waals surface area contributed by atoms with Crippen LogP contribution in [-0.4, -0.2) is 53.5 Å². The molecule has 4 rings (SSSR count). The van der Waals surface area contributed by atoms with Crippen LogP contribution in [0.5, 0.6) is 0 Å². The highest BCUT2D eigenvalue weighted by atomic mass is 16.1. The molecule has 3 heterocycles. The van der Waals surface area contributed by atoms with Crippen molar-refractivity contribution in [1.29, 1.82) is 0 Å². The molecule has 1 saturated heterocycles. The van der Waals surface area contributed by atoms with E-state index >= 15 is 0 Å². The fourth-order valence-electron chi connectivity index (χ4n) is 3.36. The largest absolute Gasteiger partial charge is 0.361 e. The lowest BCUT2D eigenvalue weighted by Crippen LogP contribution is -2.47. The molecular weight excluding hydrogens is 326 g/mol. The maximum Gasteiger partial charge on any atom is 0.225 e. The number of rotatable bonds is 5. The summed E-state index contributed by atoms with van der Waals surface area (Å²) in [6.45, 7) is 4.60. The van der Waals surface area contributed by atoms with Crippen molar-refractivity contribution in [2.24, 2.45) is 0 Å². The van der Waals surface area contributed by atoms with Crippen molar-refractivity contribution in [2.75, 3.05) is 42.9 Å². The van der Waals surface area contributed by atoms with E-state index in [1.54, 1.807) is 0 Å². The molecule has 3 aromatic rings. The number of nitrogens with one attached hydrogen (secondary N) is 2. The Kier molecular flexibility index (Phi) is 4.84. The minimum Gasteiger partial charge on any atom is -0.361 e. The molecule has 0 atom stereocenters. The molecule has 1 aromatic carbocycles. The number of pyridine rings is 1. The molecule has 0 unspecified atom stereocenters. The van der Waals surface area contributed by atoms with E-state index in [9.17, 15) is 4.79 Å². The lowest BCUT2D eigenvalue weighted by Gasteiger charge is -2.35. The summed E-state index contributed by atoms with van der Waals surface area (Å²) >= 11 is 0. The number of anilines is 2. The van der Waals surface area contributed by atoms with Crippen molar-refractivity contribution in [3.05, 3.63) is 54.9 Å². The molecule has 26 heavy (non-hydrogen) atoms. The molecule has 1 amide bonds. The zero-order valence-corrected chi connectivity index (χ0v) is 14.7. The van der Waals surface area contributed by atoms with Crippen LogP contribution in [0, 0.1) is 0 Å². The van der Waals surface area contributed by atoms with E-state index in [0.717, 1.165) is 55.1 Å². The summed E-state index contributed by atoms with van der Waals surface area (Å²) in [5, 5.41) is 4.10. The molecule has 2 aromatic heterocycles. The van der Waals surface area contributed by atoms with Crippen molar-refractivity contribution < 1.29 is 4.79 Å². The molecular formula is C20H23N5O. The Morgan fingerprint density at radius 3 is 2.81 bits per heavy atom. The number of H-pyrrole nitrogens is 1. The molecule has 134 valence electrons. The molecule has 0 radical (unpaired) electrons. The SMILES string of the molecule is O=C(CCN1CCN(c2ccccn2)CC1)Nc1ccc2[nH]ccc2c1. The van der Waals surface area contributed by atoms with Crippen LogP contribution < -0.4 is 10.2 Å². The number of hydrogen-bond acceptors (Lipinski definition) is 4. The third-order valence-electron chi connectivity index (χ3n) is 4.84. The fourth-order valence-corrected chi connectivity index (χ4v) is 3.36. The van der Waals surface area contributed by atoms with Crippen molar-refractivity contribution in [2.45, 2.75) is 6.42 Å². The van der Waals surface area contributed by atoms with E-state index in [2.05, 4.69) is 25.1 Å². The number of carbonyl (C=O) groups excluding carboxylic acids is 1. The Morgan fingerprint density at radius 1 is 1.12 bits per heavy atom. The van der Waals surface area contributed by atoms with Gasteiger partial charge < -0.3 is 15.2 Å². The summed E-state index contributed by atoms with van der Waals surface area (Å²) in [6, 6.07) is 13.9. The number of piperazine rings is 1. The lowest BCUT2D eigenvalue weighted by molar-refractivity contribution is -0.116. The Bertz CT molecular complexity index is 868. The molecule has 6 heteroatoms. The molecule has 2 N–H and O–H groups in total. The van der Waals surface area contributed by atoms with E-state index in [-0.39, 0.29) is 5.91 Å². The van der Waals surface area contributed by atoms with Crippen molar-refractivity contribution >= 4 is 28.3 Å². The second-order valence-corrected chi connectivity index (χ2v) is 6.59. The first-order chi connectivity index (χ1) is 12.8. The highest BCUT2D eigenvalue weighted by molar-refractivity contribution is 5.93. The average Bonchev–Trinajstić information content (AvgIpc) is 3.15. The summed E-state index contributed by atoms with van der Waals surface area (Å²) in [4.78, 5) is 24.4. The van der Waals surface area contributed by atoms with Gasteiger partial charge in [-0.05, 0) is 36.4 Å². The Balaban J connectivity index is 1.23. The van der Waals surface area contributed by atoms with Gasteiger partial charge in [0.05, 0.1) is 0 Å². The van der Waals surface area contributed by atoms with E-state index in [0.29, 0.717) is 6.42 Å². The zero-order valence-electron chi connectivity index (χ0n) is 14.7. The van der Waals surface area contributed by atoms with Crippen LogP contribution in [0.4, 0.5) is 11.5 Å². The second kappa shape index (κ2) is 7.58. The molecule has 0 saturated carbocycles. The van der Waals surface area contributed by atoms with Crippen LogP contribution in [0.3, 0.4) is 0 Å². The number of aromatic amines is 1. The topological polar surface area (TPSA) is 64.3 Å². The monoisotopic (exact) mass is 349 g/mol. The highest BCUT2D eigenvalue weighted by Crippen LogP contribution is 2.18. The minimum atomic E-state index is 0.0621. The van der Waals surface area contributed by atoms with Crippen LogP contribution >= 0.6 is 0 Å². The summed E-state index contributed by atoms with van der Waals surface area (Å²) < 4.78 is 0. The maximum absolute atomic E-state index is 12.2. The quantitative estimate of drug-likeness (QED) is 0.743. The molecule has 1 aliphatic heterocycles. The summed E-state index contributed by atoms with van der Waals surface area (Å²) in [5.41, 5.74) is 1.93. The van der Waals surface area contributed by atoms with Gasteiger partial charge in [-0.1, -0.05) is 6.07 Å². The highest BCUT2D eigenvalue weighted by Gasteiger charge is 2.18. The first kappa shape index (κ1) is 16.6. The number of carbonyl (C=O) groups is 1. The molecule has 0 bridgehead atoms. The van der Waals surface area contributed by atoms with Gasteiger partial charge >= 0.3 is 0 Å². The zero-order chi connectivity index (χ0) is 17.8. The summed E-state index contributed by atoms with van der Waals surface area (Å²) in [6.07, 6.45) is 4.24. The third kappa shape index (κ3) is 3.86. The number of fused-ring (bicyclic) bond motifs is 1. The van der Waals surface area contributed by atoms with Crippen LogP contribution in [0.1, 0.15) is 6.42 Å². The number of benzene rings is 1. The van der Waals surface area contributed by atoms with Gasteiger partial charge in [-0.3, -0.25) is 9.69 Å². The van der Waals surface area contributed by atoms with Crippen molar-refractivity contribution in [3.63, 3.8) is 0 Å². The number of nitrogens with zero attached hydrogens (tertiary/aromatic N) is 3. The average molecular weight is 349 g/mol. The standard InChI is InChI=1S/C20H23N5O/c26-20(23-17-4-5-18-16(15-17)6-9-21-18)7-10-24-11-13-25(14-12-24)19-3-1-2-8-22-19/h1-6,8-9,15,21H,7,10-14H2,(H,23,26). The van der Waals surface area contributed by atoms with Gasteiger partial charge in [0.2, 0.25) is 5.91 Å². The first-order valence-corrected chi connectivity index (χ1v) is 9.03. The molecule has 1 aliphatic rings. The molecule has 0 aliphatic carbocycles. The van der Waals surface area contributed by atoms with Crippen LogP contribution in [0.25, 0.3) is 10.9 Å². The number of hydrogen-bond donors (Lipinski definition) is 2. The van der Waals surface area contributed by atoms with E-state index < -0.39 is 0 Å². The van der Waals surface area contributed by atoms with Crippen molar-refractivity contribution in [1.82, 2.24) is 14.9 Å². The lowest BCUT2D eigenvalue weighted by atomic mass is 10.2. The smallest absolute Gasteiger partial charge is 0.225 e. The summed E-state index contributed by atoms with van der Waals surface area (Å²) in [5.74, 6) is 1.09. The Morgan fingerprint density at radius 2 is 2.00 bits per heavy atom. The second-order valence-electron chi connectivity index (χ2n) is 6.59. The van der Waals surface area contributed by atoms with Crippen molar-refractivity contribution in [3.8, 4) is 0 Å². The van der Waals surface area contributed by atoms with E-state index in [1.807, 2.05) is 54.9 Å². The van der Waals surface area contributed by atoms with Crippen LogP contribution in [0.2, 0.25) is 0 Å². The van der Waals surface area contributed by atoms with Gasteiger partial charge in [0.1, 0.15) is 5.82 Å². The Hall–Kier alpha value is -2.86. The fraction of sp³-hybridized carbons (Fsp3) is 0.300. The van der Waals surface area contributed by atoms with Gasteiger partial charge in [-0.25, -0.2) is 4.98 Å². The predicted octanol–water partition coefficient (Wildman–Crippen LogP) is 2.71. The number of amides is 1. The maximum atomic E-state index is 12.2. The van der Waals surface area contributed by atoms with E-state index in [1.165, 1.54) is 0 Å². The van der Waals surface area contributed by atoms with Crippen LogP contribution in [-0.2, 0) is 4.79 Å². The molecule has 6 nitrogen and oxygen atoms in total.